The van der Waals surface area contributed by atoms with Crippen LogP contribution in [-0.4, -0.2) is 16.0 Å². The Morgan fingerprint density at radius 3 is 2.79 bits per heavy atom. The molecule has 1 heterocycles. The van der Waals surface area contributed by atoms with Crippen LogP contribution in [0.2, 0.25) is 0 Å². The molecule has 14 heavy (non-hydrogen) atoms. The second kappa shape index (κ2) is 3.04. The third-order valence-corrected chi connectivity index (χ3v) is 2.32. The van der Waals surface area contributed by atoms with E-state index in [0.717, 1.165) is 11.1 Å². The zero-order chi connectivity index (χ0) is 10.1. The number of fused-ring (bicyclic) bond motifs is 1. The highest BCUT2D eigenvalue weighted by molar-refractivity contribution is 5.87. The maximum atomic E-state index is 10.7. The van der Waals surface area contributed by atoms with Crippen molar-refractivity contribution in [2.75, 3.05) is 0 Å². The molecule has 70 valence electrons. The fraction of sp³-hybridized carbons (Fsp3) is 0.200. The normalized spacial score (nSPS) is 13.5. The van der Waals surface area contributed by atoms with Crippen LogP contribution in [0.4, 0.5) is 0 Å². The van der Waals surface area contributed by atoms with Crippen LogP contribution in [0, 0.1) is 11.5 Å². The van der Waals surface area contributed by atoms with Gasteiger partial charge in [-0.05, 0) is 23.3 Å². The number of carboxylic acid groups (broad SMARTS) is 1. The molecule has 1 N–H and O–H groups in total. The molecule has 0 spiro atoms. The molecule has 1 aliphatic heterocycles. The number of rotatable bonds is 1. The minimum Gasteiger partial charge on any atom is -0.478 e. The molecule has 0 atom stereocenters. The molecule has 4 heteroatoms. The van der Waals surface area contributed by atoms with Gasteiger partial charge in [0.2, 0.25) is 0 Å². The summed E-state index contributed by atoms with van der Waals surface area (Å²) in [5, 5.41) is 17.4. The van der Waals surface area contributed by atoms with E-state index in [0.29, 0.717) is 13.1 Å². The summed E-state index contributed by atoms with van der Waals surface area (Å²) in [4.78, 5) is 12.3. The van der Waals surface area contributed by atoms with Crippen molar-refractivity contribution in [3.05, 3.63) is 34.9 Å². The maximum Gasteiger partial charge on any atom is 0.335 e. The van der Waals surface area contributed by atoms with Gasteiger partial charge in [-0.1, -0.05) is 6.07 Å². The predicted molar refractivity (Wildman–Crippen MR) is 48.3 cm³/mol. The molecule has 0 aromatic heterocycles. The number of hydrogen-bond donors (Lipinski definition) is 1. The van der Waals surface area contributed by atoms with Gasteiger partial charge >= 0.3 is 5.97 Å². The van der Waals surface area contributed by atoms with Gasteiger partial charge in [-0.15, -0.1) is 0 Å². The standard InChI is InChI=1S/C10H8N2O2/c11-6-12-4-8-2-1-7(10(13)14)3-9(8)5-12/h1-3H,4-5H2,(H,13,14). The van der Waals surface area contributed by atoms with Gasteiger partial charge in [0.05, 0.1) is 18.7 Å². The van der Waals surface area contributed by atoms with Crippen LogP contribution in [0.5, 0.6) is 0 Å². The van der Waals surface area contributed by atoms with E-state index in [1.807, 2.05) is 6.19 Å². The second-order valence-electron chi connectivity index (χ2n) is 3.24. The lowest BCUT2D eigenvalue weighted by molar-refractivity contribution is 0.0697. The molecule has 4 nitrogen and oxygen atoms in total. The summed E-state index contributed by atoms with van der Waals surface area (Å²) in [7, 11) is 0. The number of benzene rings is 1. The highest BCUT2D eigenvalue weighted by Crippen LogP contribution is 2.22. The lowest BCUT2D eigenvalue weighted by Crippen LogP contribution is -2.06. The monoisotopic (exact) mass is 188 g/mol. The van der Waals surface area contributed by atoms with Crippen molar-refractivity contribution in [3.8, 4) is 6.19 Å². The van der Waals surface area contributed by atoms with Gasteiger partial charge in [-0.25, -0.2) is 4.79 Å². The Bertz CT molecular complexity index is 434. The van der Waals surface area contributed by atoms with Crippen LogP contribution in [0.25, 0.3) is 0 Å². The predicted octanol–water partition coefficient (Wildman–Crippen LogP) is 1.18. The largest absolute Gasteiger partial charge is 0.478 e. The molecule has 0 amide bonds. The van der Waals surface area contributed by atoms with Crippen LogP contribution < -0.4 is 0 Å². The van der Waals surface area contributed by atoms with E-state index < -0.39 is 5.97 Å². The zero-order valence-corrected chi connectivity index (χ0v) is 7.40. The minimum absolute atomic E-state index is 0.281. The average molecular weight is 188 g/mol. The summed E-state index contributed by atoms with van der Waals surface area (Å²) in [6, 6.07) is 4.98. The highest BCUT2D eigenvalue weighted by Gasteiger charge is 2.18. The van der Waals surface area contributed by atoms with E-state index in [-0.39, 0.29) is 5.56 Å². The summed E-state index contributed by atoms with van der Waals surface area (Å²) < 4.78 is 0. The van der Waals surface area contributed by atoms with E-state index in [1.54, 1.807) is 23.1 Å². The molecule has 2 rings (SSSR count). The fourth-order valence-electron chi connectivity index (χ4n) is 1.60. The van der Waals surface area contributed by atoms with Crippen LogP contribution in [0.1, 0.15) is 21.5 Å². The Morgan fingerprint density at radius 2 is 2.14 bits per heavy atom. The molecular formula is C10H8N2O2. The van der Waals surface area contributed by atoms with Gasteiger partial charge in [0.1, 0.15) is 0 Å². The summed E-state index contributed by atoms with van der Waals surface area (Å²) in [6.45, 7) is 1.11. The number of aromatic carboxylic acids is 1. The van der Waals surface area contributed by atoms with Crippen molar-refractivity contribution in [2.24, 2.45) is 0 Å². The van der Waals surface area contributed by atoms with Crippen molar-refractivity contribution in [2.45, 2.75) is 13.1 Å². The number of carbonyl (C=O) groups is 1. The summed E-state index contributed by atoms with van der Waals surface area (Å²) in [6.07, 6.45) is 2.05. The number of nitrogens with zero attached hydrogens (tertiary/aromatic N) is 2. The smallest absolute Gasteiger partial charge is 0.335 e. The van der Waals surface area contributed by atoms with Crippen molar-refractivity contribution >= 4 is 5.97 Å². The molecule has 0 radical (unpaired) electrons. The van der Waals surface area contributed by atoms with Crippen LogP contribution >= 0.6 is 0 Å². The van der Waals surface area contributed by atoms with Gasteiger partial charge in [-0.3, -0.25) is 0 Å². The first-order valence-electron chi connectivity index (χ1n) is 4.20. The summed E-state index contributed by atoms with van der Waals surface area (Å²) in [5.74, 6) is -0.928. The van der Waals surface area contributed by atoms with Crippen LogP contribution in [0.3, 0.4) is 0 Å². The van der Waals surface area contributed by atoms with E-state index in [4.69, 9.17) is 10.4 Å². The van der Waals surface area contributed by atoms with E-state index in [9.17, 15) is 4.79 Å². The van der Waals surface area contributed by atoms with Gasteiger partial charge in [0.15, 0.2) is 6.19 Å². The maximum absolute atomic E-state index is 10.7. The summed E-state index contributed by atoms with van der Waals surface area (Å²) >= 11 is 0. The van der Waals surface area contributed by atoms with Gasteiger partial charge in [0.25, 0.3) is 0 Å². The van der Waals surface area contributed by atoms with E-state index in [1.165, 1.54) is 0 Å². The Morgan fingerprint density at radius 1 is 1.43 bits per heavy atom. The van der Waals surface area contributed by atoms with Gasteiger partial charge in [0, 0.05) is 0 Å². The Balaban J connectivity index is 2.36. The molecule has 0 bridgehead atoms. The van der Waals surface area contributed by atoms with Gasteiger partial charge in [-0.2, -0.15) is 5.26 Å². The third kappa shape index (κ3) is 1.29. The lowest BCUT2D eigenvalue weighted by Gasteiger charge is -2.01. The quantitative estimate of drug-likeness (QED) is 0.672. The van der Waals surface area contributed by atoms with Crippen LogP contribution in [0.15, 0.2) is 18.2 Å². The van der Waals surface area contributed by atoms with Crippen LogP contribution in [-0.2, 0) is 13.1 Å². The van der Waals surface area contributed by atoms with E-state index >= 15 is 0 Å². The Kier molecular flexibility index (Phi) is 1.86. The number of hydrogen-bond acceptors (Lipinski definition) is 3. The lowest BCUT2D eigenvalue weighted by atomic mass is 10.1. The van der Waals surface area contributed by atoms with Crippen molar-refractivity contribution in [1.29, 1.82) is 5.26 Å². The fourth-order valence-corrected chi connectivity index (χ4v) is 1.60. The molecule has 1 aliphatic rings. The van der Waals surface area contributed by atoms with Crippen molar-refractivity contribution in [3.63, 3.8) is 0 Å². The van der Waals surface area contributed by atoms with Crippen molar-refractivity contribution < 1.29 is 9.90 Å². The second-order valence-corrected chi connectivity index (χ2v) is 3.24. The molecule has 0 fully saturated rings. The van der Waals surface area contributed by atoms with E-state index in [2.05, 4.69) is 0 Å². The molecule has 0 aliphatic carbocycles. The molecule has 0 saturated carbocycles. The average Bonchev–Trinajstić information content (AvgIpc) is 2.58. The SMILES string of the molecule is N#CN1Cc2ccc(C(=O)O)cc2C1. The first-order chi connectivity index (χ1) is 6.70. The molecule has 0 unspecified atom stereocenters. The van der Waals surface area contributed by atoms with Gasteiger partial charge < -0.3 is 10.0 Å². The highest BCUT2D eigenvalue weighted by atomic mass is 16.4. The molecule has 1 aromatic rings. The first-order valence-corrected chi connectivity index (χ1v) is 4.20. The zero-order valence-electron chi connectivity index (χ0n) is 7.40. The Hall–Kier alpha value is -2.02. The topological polar surface area (TPSA) is 64.3 Å². The molecular weight excluding hydrogens is 180 g/mol. The Labute approximate surface area is 81.0 Å². The van der Waals surface area contributed by atoms with Crippen molar-refractivity contribution in [1.82, 2.24) is 4.90 Å². The third-order valence-electron chi connectivity index (χ3n) is 2.32. The summed E-state index contributed by atoms with van der Waals surface area (Å²) in [5.41, 5.74) is 2.26. The molecule has 0 saturated heterocycles. The number of nitriles is 1. The molecule has 1 aromatic carbocycles. The number of carboxylic acids is 1. The minimum atomic E-state index is -0.928. The first kappa shape index (κ1) is 8.57.